The molecule has 182 valence electrons. The van der Waals surface area contributed by atoms with Gasteiger partial charge in [0.25, 0.3) is 0 Å². The molecule has 0 saturated carbocycles. The maximum Gasteiger partial charge on any atom is 0.243 e. The summed E-state index contributed by atoms with van der Waals surface area (Å²) in [6, 6.07) is 11.1. The maximum atomic E-state index is 14.1. The molecule has 1 fully saturated rings. The number of rotatable bonds is 5. The van der Waals surface area contributed by atoms with E-state index in [9.17, 15) is 22.0 Å². The zero-order valence-corrected chi connectivity index (χ0v) is 20.2. The van der Waals surface area contributed by atoms with Crippen LogP contribution in [0.25, 0.3) is 15.3 Å². The second-order valence-electron chi connectivity index (χ2n) is 8.29. The van der Waals surface area contributed by atoms with E-state index in [0.717, 1.165) is 12.1 Å². The average Bonchev–Trinajstić information content (AvgIpc) is 3.43. The number of hydrogen-bond donors (Lipinski definition) is 1. The Labute approximate surface area is 204 Å². The molecule has 0 radical (unpaired) electrons. The molecule has 0 unspecified atom stereocenters. The predicted molar refractivity (Wildman–Crippen MR) is 128 cm³/mol. The Hall–Kier alpha value is -3.22. The quantitative estimate of drug-likeness (QED) is 0.430. The number of piperidine rings is 1. The Morgan fingerprint density at radius 1 is 1.11 bits per heavy atom. The number of fused-ring (bicyclic) bond motifs is 1. The van der Waals surface area contributed by atoms with Gasteiger partial charge in [0.2, 0.25) is 21.1 Å². The Bertz CT molecular complexity index is 1510. The molecule has 1 aliphatic heterocycles. The van der Waals surface area contributed by atoms with Crippen molar-refractivity contribution in [3.8, 4) is 5.13 Å². The van der Waals surface area contributed by atoms with E-state index in [1.165, 1.54) is 38.5 Å². The van der Waals surface area contributed by atoms with Crippen molar-refractivity contribution < 1.29 is 22.0 Å². The number of thiazole rings is 1. The van der Waals surface area contributed by atoms with Crippen LogP contribution in [0.15, 0.2) is 53.4 Å². The first-order valence-corrected chi connectivity index (χ1v) is 13.2. The fourth-order valence-corrected chi connectivity index (χ4v) is 6.49. The highest BCUT2D eigenvalue weighted by molar-refractivity contribution is 7.89. The number of nitrogens with one attached hydrogen (secondary N) is 1. The van der Waals surface area contributed by atoms with Crippen molar-refractivity contribution in [2.24, 2.45) is 5.92 Å². The van der Waals surface area contributed by atoms with Crippen LogP contribution in [0.3, 0.4) is 0 Å². The highest BCUT2D eigenvalue weighted by atomic mass is 32.2. The van der Waals surface area contributed by atoms with Gasteiger partial charge in [0.05, 0.1) is 15.3 Å². The van der Waals surface area contributed by atoms with Crippen LogP contribution in [0.4, 0.5) is 14.6 Å². The largest absolute Gasteiger partial charge is 0.310 e. The first-order valence-electron chi connectivity index (χ1n) is 10.9. The van der Waals surface area contributed by atoms with E-state index in [1.807, 2.05) is 0 Å². The zero-order valence-electron chi connectivity index (χ0n) is 18.6. The minimum atomic E-state index is -3.76. The third kappa shape index (κ3) is 4.56. The van der Waals surface area contributed by atoms with Crippen LogP contribution in [0, 0.1) is 24.5 Å². The van der Waals surface area contributed by atoms with E-state index in [-0.39, 0.29) is 29.4 Å². The van der Waals surface area contributed by atoms with Crippen LogP contribution in [0.2, 0.25) is 0 Å². The van der Waals surface area contributed by atoms with Gasteiger partial charge in [0.15, 0.2) is 0 Å². The van der Waals surface area contributed by atoms with Crippen LogP contribution >= 0.6 is 11.3 Å². The SMILES string of the molecule is Cc1cc(NC(=O)C2CCN(S(=O)(=O)c3ccc(F)cc3)CC2)n(-c2nc3c(F)cccc3s2)n1. The summed E-state index contributed by atoms with van der Waals surface area (Å²) in [5.74, 6) is -1.18. The third-order valence-electron chi connectivity index (χ3n) is 5.90. The number of halogens is 2. The molecule has 0 aliphatic carbocycles. The normalized spacial score (nSPS) is 15.5. The first-order chi connectivity index (χ1) is 16.7. The molecule has 0 spiro atoms. The summed E-state index contributed by atoms with van der Waals surface area (Å²) < 4.78 is 56.4. The minimum absolute atomic E-state index is 0.0217. The van der Waals surface area contributed by atoms with Crippen LogP contribution in [0.5, 0.6) is 0 Å². The smallest absolute Gasteiger partial charge is 0.243 e. The Kier molecular flexibility index (Phi) is 6.11. The summed E-state index contributed by atoms with van der Waals surface area (Å²) in [5, 5.41) is 7.70. The van der Waals surface area contributed by atoms with E-state index in [2.05, 4.69) is 15.4 Å². The number of carbonyl (C=O) groups excluding carboxylic acids is 1. The maximum absolute atomic E-state index is 14.1. The Morgan fingerprint density at radius 3 is 2.51 bits per heavy atom. The molecule has 1 aliphatic rings. The Balaban J connectivity index is 1.29. The van der Waals surface area contributed by atoms with Crippen LogP contribution in [-0.2, 0) is 14.8 Å². The number of para-hydroxylation sites is 1. The topological polar surface area (TPSA) is 97.2 Å². The zero-order chi connectivity index (χ0) is 24.7. The molecule has 0 bridgehead atoms. The lowest BCUT2D eigenvalue weighted by molar-refractivity contribution is -0.120. The molecule has 1 saturated heterocycles. The van der Waals surface area contributed by atoms with Crippen LogP contribution < -0.4 is 5.32 Å². The van der Waals surface area contributed by atoms with Crippen molar-refractivity contribution in [2.75, 3.05) is 18.4 Å². The molecule has 35 heavy (non-hydrogen) atoms. The lowest BCUT2D eigenvalue weighted by Crippen LogP contribution is -2.41. The molecular weight excluding hydrogens is 496 g/mol. The minimum Gasteiger partial charge on any atom is -0.310 e. The molecule has 12 heteroatoms. The number of nitrogens with zero attached hydrogens (tertiary/aromatic N) is 4. The molecule has 0 atom stereocenters. The van der Waals surface area contributed by atoms with Gasteiger partial charge in [-0.05, 0) is 56.2 Å². The molecule has 8 nitrogen and oxygen atoms in total. The van der Waals surface area contributed by atoms with Crippen molar-refractivity contribution in [1.82, 2.24) is 19.1 Å². The van der Waals surface area contributed by atoms with Gasteiger partial charge in [0.1, 0.15) is 23.0 Å². The third-order valence-corrected chi connectivity index (χ3v) is 8.81. The van der Waals surface area contributed by atoms with Gasteiger partial charge in [-0.15, -0.1) is 0 Å². The second-order valence-corrected chi connectivity index (χ2v) is 11.2. The van der Waals surface area contributed by atoms with Crippen LogP contribution in [-0.4, -0.2) is 46.5 Å². The average molecular weight is 518 g/mol. The summed E-state index contributed by atoms with van der Waals surface area (Å²) in [6.45, 7) is 2.12. The van der Waals surface area contributed by atoms with Crippen LogP contribution in [0.1, 0.15) is 18.5 Å². The number of aryl methyl sites for hydroxylation is 1. The number of hydrogen-bond acceptors (Lipinski definition) is 6. The monoisotopic (exact) mass is 517 g/mol. The van der Waals surface area contributed by atoms with E-state index < -0.39 is 27.6 Å². The summed E-state index contributed by atoms with van der Waals surface area (Å²) in [6.07, 6.45) is 0.678. The number of aromatic nitrogens is 3. The lowest BCUT2D eigenvalue weighted by atomic mass is 9.97. The number of sulfonamides is 1. The highest BCUT2D eigenvalue weighted by Gasteiger charge is 2.32. The molecule has 5 rings (SSSR count). The van der Waals surface area contributed by atoms with E-state index in [0.29, 0.717) is 34.2 Å². The van der Waals surface area contributed by atoms with Crippen molar-refractivity contribution in [3.05, 3.63) is 65.9 Å². The second kappa shape index (κ2) is 9.10. The van der Waals surface area contributed by atoms with Gasteiger partial charge < -0.3 is 5.32 Å². The molecule has 1 N–H and O–H groups in total. The lowest BCUT2D eigenvalue weighted by Gasteiger charge is -2.30. The van der Waals surface area contributed by atoms with E-state index in [1.54, 1.807) is 25.1 Å². The number of amides is 1. The van der Waals surface area contributed by atoms with Gasteiger partial charge >= 0.3 is 0 Å². The van der Waals surface area contributed by atoms with Gasteiger partial charge in [-0.3, -0.25) is 4.79 Å². The predicted octanol–water partition coefficient (Wildman–Crippen LogP) is 4.11. The van der Waals surface area contributed by atoms with E-state index in [4.69, 9.17) is 0 Å². The number of carbonyl (C=O) groups is 1. The Morgan fingerprint density at radius 2 is 1.83 bits per heavy atom. The summed E-state index contributed by atoms with van der Waals surface area (Å²) in [5.41, 5.74) is 0.896. The fourth-order valence-electron chi connectivity index (χ4n) is 4.07. The van der Waals surface area contributed by atoms with Gasteiger partial charge in [-0.25, -0.2) is 22.2 Å². The molecule has 2 aromatic heterocycles. The fraction of sp³-hybridized carbons (Fsp3) is 0.261. The molecule has 2 aromatic carbocycles. The first kappa shape index (κ1) is 23.5. The summed E-state index contributed by atoms with van der Waals surface area (Å²) >= 11 is 1.26. The molecule has 3 heterocycles. The van der Waals surface area contributed by atoms with E-state index >= 15 is 0 Å². The standard InChI is InChI=1S/C23H21F2N5O3S2/c1-14-13-20(30(28-14)23-27-21-18(25)3-2-4-19(21)34-23)26-22(31)15-9-11-29(12-10-15)35(32,33)17-7-5-16(24)6-8-17/h2-8,13,15H,9-12H2,1H3,(H,26,31). The van der Waals surface area contributed by atoms with Gasteiger partial charge in [-0.2, -0.15) is 14.1 Å². The number of anilines is 1. The van der Waals surface area contributed by atoms with Gasteiger partial charge in [0, 0.05) is 25.1 Å². The highest BCUT2D eigenvalue weighted by Crippen LogP contribution is 2.30. The number of benzene rings is 2. The van der Waals surface area contributed by atoms with Crippen molar-refractivity contribution in [2.45, 2.75) is 24.7 Å². The van der Waals surface area contributed by atoms with Crippen molar-refractivity contribution >= 4 is 43.3 Å². The summed E-state index contributed by atoms with van der Waals surface area (Å²) in [4.78, 5) is 17.4. The van der Waals surface area contributed by atoms with Gasteiger partial charge in [-0.1, -0.05) is 17.4 Å². The summed E-state index contributed by atoms with van der Waals surface area (Å²) in [7, 11) is -3.76. The van der Waals surface area contributed by atoms with Crippen molar-refractivity contribution in [1.29, 1.82) is 0 Å². The van der Waals surface area contributed by atoms with Crippen molar-refractivity contribution in [3.63, 3.8) is 0 Å². The molecule has 4 aromatic rings. The molecule has 1 amide bonds. The molecular formula is C23H21F2N5O3S2.